The van der Waals surface area contributed by atoms with Crippen LogP contribution in [0.25, 0.3) is 10.9 Å². The molecule has 0 fully saturated rings. The van der Waals surface area contributed by atoms with E-state index in [0.717, 1.165) is 5.69 Å². The van der Waals surface area contributed by atoms with E-state index in [1.165, 1.54) is 4.90 Å². The van der Waals surface area contributed by atoms with Crippen molar-refractivity contribution in [1.82, 2.24) is 24.4 Å². The first-order chi connectivity index (χ1) is 15.6. The van der Waals surface area contributed by atoms with E-state index in [4.69, 9.17) is 0 Å². The molecule has 1 aliphatic heterocycles. The Labute approximate surface area is 183 Å². The summed E-state index contributed by atoms with van der Waals surface area (Å²) in [6.07, 6.45) is 5.65. The van der Waals surface area contributed by atoms with Crippen LogP contribution in [0.1, 0.15) is 32.2 Å². The van der Waals surface area contributed by atoms with Gasteiger partial charge >= 0.3 is 0 Å². The van der Waals surface area contributed by atoms with E-state index in [0.29, 0.717) is 40.8 Å². The van der Waals surface area contributed by atoms with Crippen LogP contribution in [-0.2, 0) is 19.4 Å². The van der Waals surface area contributed by atoms with Gasteiger partial charge in [0.15, 0.2) is 0 Å². The molecule has 8 heteroatoms. The van der Waals surface area contributed by atoms with Crippen LogP contribution in [0.5, 0.6) is 0 Å². The number of amides is 2. The number of fused-ring (bicyclic) bond motifs is 2. The minimum Gasteiger partial charge on any atom is -0.296 e. The molecule has 0 N–H and O–H groups in total. The van der Waals surface area contributed by atoms with Crippen molar-refractivity contribution in [2.24, 2.45) is 0 Å². The number of carbonyl (C=O) groups is 2. The summed E-state index contributed by atoms with van der Waals surface area (Å²) in [5.41, 5.74) is 2.01. The summed E-state index contributed by atoms with van der Waals surface area (Å²) in [5, 5.41) is 0.524. The maximum atomic E-state index is 13.2. The van der Waals surface area contributed by atoms with Gasteiger partial charge in [-0.05, 0) is 24.3 Å². The molecule has 0 saturated carbocycles. The number of carbonyl (C=O) groups excluding carboxylic acids is 2. The number of imide groups is 1. The lowest BCUT2D eigenvalue weighted by Crippen LogP contribution is -2.34. The second-order valence-electron chi connectivity index (χ2n) is 7.51. The number of benzene rings is 2. The molecule has 0 bridgehead atoms. The molecule has 0 spiro atoms. The first kappa shape index (κ1) is 19.7. The quantitative estimate of drug-likeness (QED) is 0.440. The molecule has 4 aromatic rings. The summed E-state index contributed by atoms with van der Waals surface area (Å²) in [4.78, 5) is 52.9. The van der Waals surface area contributed by atoms with Crippen LogP contribution in [0, 0.1) is 0 Å². The van der Waals surface area contributed by atoms with Crippen molar-refractivity contribution in [1.29, 1.82) is 0 Å². The third kappa shape index (κ3) is 3.45. The summed E-state index contributed by atoms with van der Waals surface area (Å²) < 4.78 is 1.61. The molecule has 3 heterocycles. The number of nitrogens with zero attached hydrogens (tertiary/aromatic N) is 5. The highest BCUT2D eigenvalue weighted by molar-refractivity contribution is 6.21. The molecule has 5 rings (SSSR count). The Morgan fingerprint density at radius 3 is 2.22 bits per heavy atom. The van der Waals surface area contributed by atoms with Crippen molar-refractivity contribution in [3.8, 4) is 0 Å². The predicted molar refractivity (Wildman–Crippen MR) is 117 cm³/mol. The first-order valence-corrected chi connectivity index (χ1v) is 10.3. The van der Waals surface area contributed by atoms with E-state index >= 15 is 0 Å². The molecule has 2 aromatic heterocycles. The maximum absolute atomic E-state index is 13.2. The average molecular weight is 425 g/mol. The van der Waals surface area contributed by atoms with E-state index in [1.54, 1.807) is 65.6 Å². The van der Waals surface area contributed by atoms with E-state index < -0.39 is 0 Å². The number of hydrogen-bond donors (Lipinski definition) is 0. The van der Waals surface area contributed by atoms with Gasteiger partial charge in [-0.25, -0.2) is 4.98 Å². The van der Waals surface area contributed by atoms with Gasteiger partial charge < -0.3 is 0 Å². The maximum Gasteiger partial charge on any atom is 0.261 e. The molecule has 0 unspecified atom stereocenters. The lowest BCUT2D eigenvalue weighted by atomic mass is 10.1. The van der Waals surface area contributed by atoms with Gasteiger partial charge in [-0.3, -0.25) is 33.8 Å². The van der Waals surface area contributed by atoms with Gasteiger partial charge in [0.2, 0.25) is 0 Å². The van der Waals surface area contributed by atoms with Gasteiger partial charge in [0, 0.05) is 44.5 Å². The summed E-state index contributed by atoms with van der Waals surface area (Å²) in [6, 6.07) is 13.9. The Morgan fingerprint density at radius 2 is 1.50 bits per heavy atom. The summed E-state index contributed by atoms with van der Waals surface area (Å²) in [5.74, 6) is -0.117. The van der Waals surface area contributed by atoms with Gasteiger partial charge in [0.05, 0.1) is 27.7 Å². The largest absolute Gasteiger partial charge is 0.296 e. The fraction of sp³-hybridized carbons (Fsp3) is 0.167. The normalized spacial score (nSPS) is 13.1. The van der Waals surface area contributed by atoms with Crippen LogP contribution in [0.15, 0.2) is 71.9 Å². The standard InChI is InChI=1S/C24H19N5O3/c30-22-17-5-1-2-6-18(17)23(31)29(22)14-10-21-27-20-8-4-3-7-19(20)24(32)28(21)13-9-16-15-25-11-12-26-16/h1-8,11-12,15H,9-10,13-14H2. The zero-order chi connectivity index (χ0) is 22.1. The number of aryl methyl sites for hydroxylation is 1. The lowest BCUT2D eigenvalue weighted by molar-refractivity contribution is 0.0655. The molecular formula is C24H19N5O3. The third-order valence-electron chi connectivity index (χ3n) is 5.59. The summed E-state index contributed by atoms with van der Waals surface area (Å²) >= 11 is 0. The molecule has 0 atom stereocenters. The van der Waals surface area contributed by atoms with Gasteiger partial charge in [-0.2, -0.15) is 0 Å². The number of rotatable bonds is 6. The number of para-hydroxylation sites is 1. The highest BCUT2D eigenvalue weighted by atomic mass is 16.2. The predicted octanol–water partition coefficient (Wildman–Crippen LogP) is 2.27. The van der Waals surface area contributed by atoms with Crippen molar-refractivity contribution in [2.45, 2.75) is 19.4 Å². The molecule has 2 amide bonds. The zero-order valence-electron chi connectivity index (χ0n) is 17.1. The van der Waals surface area contributed by atoms with Gasteiger partial charge in [0.1, 0.15) is 5.82 Å². The monoisotopic (exact) mass is 425 g/mol. The van der Waals surface area contributed by atoms with Crippen molar-refractivity contribution in [2.75, 3.05) is 6.54 Å². The van der Waals surface area contributed by atoms with Crippen LogP contribution in [0.2, 0.25) is 0 Å². The number of aromatic nitrogens is 4. The highest BCUT2D eigenvalue weighted by Gasteiger charge is 2.34. The van der Waals surface area contributed by atoms with Crippen LogP contribution >= 0.6 is 0 Å². The average Bonchev–Trinajstić information content (AvgIpc) is 3.07. The summed E-state index contributed by atoms with van der Waals surface area (Å²) in [7, 11) is 0. The molecule has 2 aromatic carbocycles. The molecular weight excluding hydrogens is 406 g/mol. The molecule has 0 aliphatic carbocycles. The van der Waals surface area contributed by atoms with E-state index in [-0.39, 0.29) is 30.3 Å². The molecule has 1 aliphatic rings. The Balaban J connectivity index is 1.46. The SMILES string of the molecule is O=C1c2ccccc2C(=O)N1CCc1nc2ccccc2c(=O)n1CCc1cnccn1. The first-order valence-electron chi connectivity index (χ1n) is 10.3. The van der Waals surface area contributed by atoms with Gasteiger partial charge in [-0.1, -0.05) is 24.3 Å². The summed E-state index contributed by atoms with van der Waals surface area (Å²) in [6.45, 7) is 0.509. The van der Waals surface area contributed by atoms with Crippen molar-refractivity contribution in [3.05, 3.63) is 100 Å². The third-order valence-corrected chi connectivity index (χ3v) is 5.59. The Morgan fingerprint density at radius 1 is 0.781 bits per heavy atom. The van der Waals surface area contributed by atoms with E-state index in [1.807, 2.05) is 6.07 Å². The fourth-order valence-corrected chi connectivity index (χ4v) is 3.97. The Bertz CT molecular complexity index is 1360. The highest BCUT2D eigenvalue weighted by Crippen LogP contribution is 2.22. The fourth-order valence-electron chi connectivity index (χ4n) is 3.97. The van der Waals surface area contributed by atoms with Crippen LogP contribution < -0.4 is 5.56 Å². The second kappa shape index (κ2) is 8.14. The van der Waals surface area contributed by atoms with Gasteiger partial charge in [-0.15, -0.1) is 0 Å². The van der Waals surface area contributed by atoms with Crippen molar-refractivity contribution >= 4 is 22.7 Å². The van der Waals surface area contributed by atoms with Crippen molar-refractivity contribution in [3.63, 3.8) is 0 Å². The van der Waals surface area contributed by atoms with Crippen LogP contribution in [0.3, 0.4) is 0 Å². The van der Waals surface area contributed by atoms with E-state index in [9.17, 15) is 14.4 Å². The molecule has 32 heavy (non-hydrogen) atoms. The molecule has 8 nitrogen and oxygen atoms in total. The lowest BCUT2D eigenvalue weighted by Gasteiger charge is -2.17. The van der Waals surface area contributed by atoms with Crippen LogP contribution in [-0.4, -0.2) is 42.8 Å². The molecule has 158 valence electrons. The number of hydrogen-bond acceptors (Lipinski definition) is 6. The van der Waals surface area contributed by atoms with Crippen molar-refractivity contribution < 1.29 is 9.59 Å². The minimum absolute atomic E-state index is 0.141. The Hall–Kier alpha value is -4.20. The topological polar surface area (TPSA) is 98.1 Å². The van der Waals surface area contributed by atoms with Crippen LogP contribution in [0.4, 0.5) is 0 Å². The molecule has 0 saturated heterocycles. The zero-order valence-corrected chi connectivity index (χ0v) is 17.1. The minimum atomic E-state index is -0.320. The van der Waals surface area contributed by atoms with Gasteiger partial charge in [0.25, 0.3) is 17.4 Å². The Kier molecular flexibility index (Phi) is 5.03. The molecule has 0 radical (unpaired) electrons. The smallest absolute Gasteiger partial charge is 0.261 e. The second-order valence-corrected chi connectivity index (χ2v) is 7.51. The van der Waals surface area contributed by atoms with E-state index in [2.05, 4.69) is 15.0 Å².